The van der Waals surface area contributed by atoms with Crippen LogP contribution in [0.5, 0.6) is 0 Å². The second-order valence-electron chi connectivity index (χ2n) is 3.59. The summed E-state index contributed by atoms with van der Waals surface area (Å²) in [5, 5.41) is 1.79. The number of unbranched alkanes of at least 4 members (excludes halogenated alkanes) is 1. The van der Waals surface area contributed by atoms with Gasteiger partial charge in [0.1, 0.15) is 0 Å². The highest BCUT2D eigenvalue weighted by molar-refractivity contribution is 6.06. The minimum atomic E-state index is -0.132. The van der Waals surface area contributed by atoms with Gasteiger partial charge in [-0.1, -0.05) is 19.4 Å². The van der Waals surface area contributed by atoms with Gasteiger partial charge in [0.05, 0.1) is 5.36 Å². The number of fused-ring (bicyclic) bond motifs is 1. The fourth-order valence-corrected chi connectivity index (χ4v) is 1.64. The number of carbonyl (C=O) groups excluding carboxylic acids is 1. The predicted octanol–water partition coefficient (Wildman–Crippen LogP) is 0.970. The fraction of sp³-hybridized carbons (Fsp3) is 0.333. The van der Waals surface area contributed by atoms with Crippen molar-refractivity contribution in [2.75, 3.05) is 0 Å². The highest BCUT2D eigenvalue weighted by Crippen LogP contribution is 2.01. The zero-order chi connectivity index (χ0) is 9.97. The smallest absolute Gasteiger partial charge is 0.267 e. The van der Waals surface area contributed by atoms with E-state index in [9.17, 15) is 4.79 Å². The average Bonchev–Trinajstić information content (AvgIpc) is 2.54. The first-order valence-electron chi connectivity index (χ1n) is 5.03. The predicted molar refractivity (Wildman–Crippen MR) is 55.3 cm³/mol. The SMILES string of the molecule is CCCCc1ccc2c(c1)=CC(=O)N=2. The van der Waals surface area contributed by atoms with Crippen LogP contribution in [0.1, 0.15) is 25.3 Å². The van der Waals surface area contributed by atoms with Gasteiger partial charge in [-0.15, -0.1) is 0 Å². The topological polar surface area (TPSA) is 29.4 Å². The molecular formula is C12H13NO. The number of benzene rings is 1. The Bertz CT molecular complexity index is 474. The molecule has 72 valence electrons. The Hall–Kier alpha value is -1.44. The van der Waals surface area contributed by atoms with Crippen LogP contribution in [-0.2, 0) is 11.2 Å². The van der Waals surface area contributed by atoms with Gasteiger partial charge in [0, 0.05) is 11.3 Å². The zero-order valence-corrected chi connectivity index (χ0v) is 8.29. The molecule has 0 saturated heterocycles. The van der Waals surface area contributed by atoms with Gasteiger partial charge in [-0.25, -0.2) is 4.99 Å². The van der Waals surface area contributed by atoms with Gasteiger partial charge in [-0.3, -0.25) is 4.79 Å². The zero-order valence-electron chi connectivity index (χ0n) is 8.29. The van der Waals surface area contributed by atoms with Crippen LogP contribution in [0.4, 0.5) is 0 Å². The monoisotopic (exact) mass is 187 g/mol. The molecule has 1 amide bonds. The van der Waals surface area contributed by atoms with Crippen molar-refractivity contribution in [2.24, 2.45) is 4.99 Å². The molecule has 2 nitrogen and oxygen atoms in total. The van der Waals surface area contributed by atoms with E-state index in [0.717, 1.165) is 17.0 Å². The number of hydrogen-bond acceptors (Lipinski definition) is 1. The summed E-state index contributed by atoms with van der Waals surface area (Å²) in [7, 11) is 0. The molecule has 2 rings (SSSR count). The molecule has 0 N–H and O–H groups in total. The van der Waals surface area contributed by atoms with Crippen LogP contribution in [0, 0.1) is 0 Å². The van der Waals surface area contributed by atoms with Crippen molar-refractivity contribution in [3.05, 3.63) is 34.3 Å². The van der Waals surface area contributed by atoms with Gasteiger partial charge >= 0.3 is 0 Å². The summed E-state index contributed by atoms with van der Waals surface area (Å²) in [4.78, 5) is 14.9. The maximum absolute atomic E-state index is 11.0. The Morgan fingerprint density at radius 2 is 2.21 bits per heavy atom. The molecule has 1 aromatic carbocycles. The molecule has 0 aliphatic carbocycles. The molecule has 1 heterocycles. The van der Waals surface area contributed by atoms with E-state index in [-0.39, 0.29) is 5.91 Å². The van der Waals surface area contributed by atoms with Crippen molar-refractivity contribution in [1.82, 2.24) is 0 Å². The summed E-state index contributed by atoms with van der Waals surface area (Å²) in [6.07, 6.45) is 5.09. The highest BCUT2D eigenvalue weighted by atomic mass is 16.1. The molecular weight excluding hydrogens is 174 g/mol. The minimum absolute atomic E-state index is 0.132. The third kappa shape index (κ3) is 1.74. The van der Waals surface area contributed by atoms with Crippen LogP contribution in [-0.4, -0.2) is 5.91 Å². The highest BCUT2D eigenvalue weighted by Gasteiger charge is 2.03. The van der Waals surface area contributed by atoms with Gasteiger partial charge in [0.15, 0.2) is 0 Å². The molecule has 0 radical (unpaired) electrons. The summed E-state index contributed by atoms with van der Waals surface area (Å²) in [5.41, 5.74) is 1.30. The Labute approximate surface area is 83.0 Å². The van der Waals surface area contributed by atoms with Crippen LogP contribution < -0.4 is 10.6 Å². The number of rotatable bonds is 3. The molecule has 1 aromatic rings. The normalized spacial score (nSPS) is 13.4. The van der Waals surface area contributed by atoms with Crippen molar-refractivity contribution < 1.29 is 4.79 Å². The Morgan fingerprint density at radius 3 is 3.00 bits per heavy atom. The number of aryl methyl sites for hydroxylation is 1. The van der Waals surface area contributed by atoms with Crippen LogP contribution in [0.2, 0.25) is 0 Å². The maximum atomic E-state index is 11.0. The third-order valence-electron chi connectivity index (χ3n) is 2.42. The van der Waals surface area contributed by atoms with Crippen molar-refractivity contribution in [1.29, 1.82) is 0 Å². The van der Waals surface area contributed by atoms with Gasteiger partial charge in [-0.05, 0) is 30.5 Å². The first-order valence-corrected chi connectivity index (χ1v) is 5.03. The number of amides is 1. The first kappa shape index (κ1) is 9.13. The molecule has 2 heteroatoms. The molecule has 0 fully saturated rings. The number of carbonyl (C=O) groups is 1. The first-order chi connectivity index (χ1) is 6.79. The standard InChI is InChI=1S/C12H13NO/c1-2-3-4-9-5-6-11-10(7-9)8-12(14)13-11/h5-8H,2-4H2,1H3. The lowest BCUT2D eigenvalue weighted by molar-refractivity contribution is -0.112. The summed E-state index contributed by atoms with van der Waals surface area (Å²) < 4.78 is 0. The van der Waals surface area contributed by atoms with E-state index >= 15 is 0 Å². The number of hydrogen-bond donors (Lipinski definition) is 0. The van der Waals surface area contributed by atoms with Crippen molar-refractivity contribution in [3.8, 4) is 0 Å². The lowest BCUT2D eigenvalue weighted by Crippen LogP contribution is -2.21. The molecule has 0 atom stereocenters. The van der Waals surface area contributed by atoms with Crippen LogP contribution in [0.3, 0.4) is 0 Å². The Morgan fingerprint density at radius 1 is 1.36 bits per heavy atom. The fourth-order valence-electron chi connectivity index (χ4n) is 1.64. The Kier molecular flexibility index (Phi) is 2.44. The molecule has 1 aliphatic rings. The third-order valence-corrected chi connectivity index (χ3v) is 2.42. The Balaban J connectivity index is 2.34. The average molecular weight is 187 g/mol. The van der Waals surface area contributed by atoms with E-state index in [1.54, 1.807) is 6.08 Å². The molecule has 0 aromatic heterocycles. The molecule has 0 saturated carbocycles. The largest absolute Gasteiger partial charge is 0.270 e. The van der Waals surface area contributed by atoms with E-state index in [0.29, 0.717) is 0 Å². The summed E-state index contributed by atoms with van der Waals surface area (Å²) in [6.45, 7) is 2.18. The molecule has 14 heavy (non-hydrogen) atoms. The molecule has 0 spiro atoms. The second-order valence-corrected chi connectivity index (χ2v) is 3.59. The number of nitrogens with zero attached hydrogens (tertiary/aromatic N) is 1. The van der Waals surface area contributed by atoms with Gasteiger partial charge < -0.3 is 0 Å². The van der Waals surface area contributed by atoms with Crippen LogP contribution >= 0.6 is 0 Å². The second kappa shape index (κ2) is 3.74. The lowest BCUT2D eigenvalue weighted by atomic mass is 10.1. The van der Waals surface area contributed by atoms with E-state index < -0.39 is 0 Å². The summed E-state index contributed by atoms with van der Waals surface area (Å²) >= 11 is 0. The van der Waals surface area contributed by atoms with Gasteiger partial charge in [-0.2, -0.15) is 0 Å². The van der Waals surface area contributed by atoms with Gasteiger partial charge in [0.25, 0.3) is 5.91 Å². The van der Waals surface area contributed by atoms with E-state index in [4.69, 9.17) is 0 Å². The molecule has 1 aliphatic heterocycles. The summed E-state index contributed by atoms with van der Waals surface area (Å²) in [6, 6.07) is 6.06. The van der Waals surface area contributed by atoms with Crippen LogP contribution in [0.15, 0.2) is 23.2 Å². The van der Waals surface area contributed by atoms with Crippen LogP contribution in [0.25, 0.3) is 6.08 Å². The molecule has 0 unspecified atom stereocenters. The summed E-state index contributed by atoms with van der Waals surface area (Å²) in [5.74, 6) is -0.132. The van der Waals surface area contributed by atoms with E-state index in [2.05, 4.69) is 24.0 Å². The van der Waals surface area contributed by atoms with Crippen molar-refractivity contribution in [3.63, 3.8) is 0 Å². The quantitative estimate of drug-likeness (QED) is 0.693. The minimum Gasteiger partial charge on any atom is -0.267 e. The van der Waals surface area contributed by atoms with Gasteiger partial charge in [0.2, 0.25) is 0 Å². The van der Waals surface area contributed by atoms with E-state index in [1.807, 2.05) is 6.07 Å². The van der Waals surface area contributed by atoms with Crippen molar-refractivity contribution >= 4 is 12.0 Å². The van der Waals surface area contributed by atoms with Crippen molar-refractivity contribution in [2.45, 2.75) is 26.2 Å². The molecule has 0 bridgehead atoms. The lowest BCUT2D eigenvalue weighted by Gasteiger charge is -1.97. The van der Waals surface area contributed by atoms with E-state index in [1.165, 1.54) is 18.4 Å². The maximum Gasteiger partial charge on any atom is 0.270 e.